The van der Waals surface area contributed by atoms with E-state index in [1.165, 1.54) is 38.5 Å². The summed E-state index contributed by atoms with van der Waals surface area (Å²) >= 11 is 0. The number of rotatable bonds is 5. The van der Waals surface area contributed by atoms with Gasteiger partial charge in [0.1, 0.15) is 0 Å². The van der Waals surface area contributed by atoms with Crippen molar-refractivity contribution in [3.8, 4) is 0 Å². The summed E-state index contributed by atoms with van der Waals surface area (Å²) in [5.41, 5.74) is 0. The van der Waals surface area contributed by atoms with E-state index in [9.17, 15) is 0 Å². The molecule has 0 heterocycles. The summed E-state index contributed by atoms with van der Waals surface area (Å²) in [6.45, 7) is 16.5. The Balaban J connectivity index is -0.0000000708. The van der Waals surface area contributed by atoms with E-state index in [0.717, 1.165) is 0 Å². The van der Waals surface area contributed by atoms with Crippen LogP contribution < -0.4 is 0 Å². The molecule has 0 N–H and O–H groups in total. The minimum Gasteiger partial charge on any atom is -0.0683 e. The van der Waals surface area contributed by atoms with Crippen LogP contribution in [0.1, 0.15) is 93.9 Å². The van der Waals surface area contributed by atoms with Gasteiger partial charge in [0.2, 0.25) is 0 Å². The SMILES string of the molecule is CC.CC.CC.CCCCCCCC. The zero-order chi connectivity index (χ0) is 12.2. The molecule has 0 rings (SSSR count). The predicted octanol–water partition coefficient (Wildman–Crippen LogP) is 6.45. The summed E-state index contributed by atoms with van der Waals surface area (Å²) in [6.07, 6.45) is 8.49. The molecule has 0 bridgehead atoms. The molecule has 0 amide bonds. The minimum absolute atomic E-state index is 1.36. The second-order valence-corrected chi connectivity index (χ2v) is 2.41. The van der Waals surface area contributed by atoms with E-state index in [0.29, 0.717) is 0 Å². The van der Waals surface area contributed by atoms with Crippen LogP contribution in [0.3, 0.4) is 0 Å². The molecule has 0 aliphatic rings. The highest BCUT2D eigenvalue weighted by molar-refractivity contribution is 4.39. The average molecular weight is 204 g/mol. The van der Waals surface area contributed by atoms with E-state index >= 15 is 0 Å². The Bertz CT molecular complexity index is 25.0. The van der Waals surface area contributed by atoms with E-state index < -0.39 is 0 Å². The molecule has 0 saturated heterocycles. The first-order valence-electron chi connectivity index (χ1n) is 6.91. The smallest absolute Gasteiger partial charge is 0.0533 e. The molecular weight excluding hydrogens is 168 g/mol. The van der Waals surface area contributed by atoms with Crippen LogP contribution in [0, 0.1) is 0 Å². The first-order valence-corrected chi connectivity index (χ1v) is 6.91. The van der Waals surface area contributed by atoms with Gasteiger partial charge in [-0.05, 0) is 0 Å². The third kappa shape index (κ3) is 58.1. The highest BCUT2D eigenvalue weighted by Crippen LogP contribution is 2.03. The molecule has 0 nitrogen and oxygen atoms in total. The lowest BCUT2D eigenvalue weighted by atomic mass is 10.1. The summed E-state index contributed by atoms with van der Waals surface area (Å²) in [7, 11) is 0. The lowest BCUT2D eigenvalue weighted by Gasteiger charge is -1.93. The fourth-order valence-electron chi connectivity index (χ4n) is 0.854. The molecule has 0 aromatic heterocycles. The van der Waals surface area contributed by atoms with E-state index in [-0.39, 0.29) is 0 Å². The van der Waals surface area contributed by atoms with Gasteiger partial charge >= 0.3 is 0 Å². The van der Waals surface area contributed by atoms with Crippen LogP contribution in [0.15, 0.2) is 0 Å². The van der Waals surface area contributed by atoms with E-state index in [1.807, 2.05) is 41.5 Å². The van der Waals surface area contributed by atoms with Crippen molar-refractivity contribution in [1.82, 2.24) is 0 Å². The van der Waals surface area contributed by atoms with Crippen molar-refractivity contribution >= 4 is 0 Å². The molecule has 0 fully saturated rings. The van der Waals surface area contributed by atoms with Crippen molar-refractivity contribution < 1.29 is 0 Å². The Hall–Kier alpha value is 0. The van der Waals surface area contributed by atoms with Gasteiger partial charge in [-0.3, -0.25) is 0 Å². The zero-order valence-electron chi connectivity index (χ0n) is 12.2. The van der Waals surface area contributed by atoms with Crippen molar-refractivity contribution in [2.45, 2.75) is 93.9 Å². The van der Waals surface area contributed by atoms with Crippen molar-refractivity contribution in [3.05, 3.63) is 0 Å². The van der Waals surface area contributed by atoms with Crippen LogP contribution in [-0.2, 0) is 0 Å². The number of hydrogen-bond donors (Lipinski definition) is 0. The van der Waals surface area contributed by atoms with E-state index in [1.54, 1.807) is 0 Å². The highest BCUT2D eigenvalue weighted by Gasteiger charge is 1.83. The fraction of sp³-hybridized carbons (Fsp3) is 1.00. The molecule has 14 heavy (non-hydrogen) atoms. The molecule has 0 aromatic rings. The Morgan fingerprint density at radius 2 is 0.643 bits per heavy atom. The largest absolute Gasteiger partial charge is 0.0683 e. The predicted molar refractivity (Wildman–Crippen MR) is 73.1 cm³/mol. The zero-order valence-corrected chi connectivity index (χ0v) is 12.2. The minimum atomic E-state index is 1.36. The molecule has 0 spiro atoms. The van der Waals surface area contributed by atoms with Gasteiger partial charge < -0.3 is 0 Å². The van der Waals surface area contributed by atoms with Crippen LogP contribution in [0.2, 0.25) is 0 Å². The maximum absolute atomic E-state index is 2.26. The molecule has 0 unspecified atom stereocenters. The Morgan fingerprint density at radius 1 is 0.429 bits per heavy atom. The second-order valence-electron chi connectivity index (χ2n) is 2.41. The molecule has 0 heteroatoms. The lowest BCUT2D eigenvalue weighted by molar-refractivity contribution is 0.624. The topological polar surface area (TPSA) is 0 Å². The standard InChI is InChI=1S/C8H18.3C2H6/c1-3-5-7-8-6-4-2;3*1-2/h3-8H2,1-2H3;3*1-2H3. The normalized spacial score (nSPS) is 6.86. The van der Waals surface area contributed by atoms with Crippen molar-refractivity contribution in [1.29, 1.82) is 0 Å². The maximum atomic E-state index is 2.26. The van der Waals surface area contributed by atoms with E-state index in [2.05, 4.69) is 13.8 Å². The van der Waals surface area contributed by atoms with Crippen molar-refractivity contribution in [2.24, 2.45) is 0 Å². The Labute approximate surface area is 94.5 Å². The van der Waals surface area contributed by atoms with Gasteiger partial charge in [-0.25, -0.2) is 0 Å². The van der Waals surface area contributed by atoms with Crippen LogP contribution in [0.4, 0.5) is 0 Å². The third-order valence-electron chi connectivity index (χ3n) is 1.46. The molecule has 0 saturated carbocycles. The first-order chi connectivity index (χ1) is 6.91. The van der Waals surface area contributed by atoms with Gasteiger partial charge in [0.05, 0.1) is 0 Å². The number of unbranched alkanes of at least 4 members (excludes halogenated alkanes) is 5. The van der Waals surface area contributed by atoms with Crippen molar-refractivity contribution in [3.63, 3.8) is 0 Å². The highest BCUT2D eigenvalue weighted by atomic mass is 13.9. The van der Waals surface area contributed by atoms with Gasteiger partial charge in [0.15, 0.2) is 0 Å². The van der Waals surface area contributed by atoms with Gasteiger partial charge in [0, 0.05) is 0 Å². The Morgan fingerprint density at radius 3 is 0.786 bits per heavy atom. The maximum Gasteiger partial charge on any atom is -0.0533 e. The van der Waals surface area contributed by atoms with Gasteiger partial charge in [-0.15, -0.1) is 0 Å². The van der Waals surface area contributed by atoms with Crippen molar-refractivity contribution in [2.75, 3.05) is 0 Å². The monoisotopic (exact) mass is 204 g/mol. The third-order valence-corrected chi connectivity index (χ3v) is 1.46. The van der Waals surface area contributed by atoms with Gasteiger partial charge in [-0.2, -0.15) is 0 Å². The van der Waals surface area contributed by atoms with Crippen LogP contribution in [-0.4, -0.2) is 0 Å². The van der Waals surface area contributed by atoms with Gasteiger partial charge in [-0.1, -0.05) is 93.9 Å². The fourth-order valence-corrected chi connectivity index (χ4v) is 0.854. The molecule has 0 aromatic carbocycles. The van der Waals surface area contributed by atoms with E-state index in [4.69, 9.17) is 0 Å². The second kappa shape index (κ2) is 52.0. The van der Waals surface area contributed by atoms with Crippen LogP contribution in [0.25, 0.3) is 0 Å². The summed E-state index contributed by atoms with van der Waals surface area (Å²) in [6, 6.07) is 0. The summed E-state index contributed by atoms with van der Waals surface area (Å²) < 4.78 is 0. The molecule has 0 aliphatic heterocycles. The Kier molecular flexibility index (Phi) is 87.9. The van der Waals surface area contributed by atoms with Crippen LogP contribution >= 0.6 is 0 Å². The van der Waals surface area contributed by atoms with Crippen LogP contribution in [0.5, 0.6) is 0 Å². The molecule has 0 radical (unpaired) electrons. The molecule has 92 valence electrons. The van der Waals surface area contributed by atoms with Gasteiger partial charge in [0.25, 0.3) is 0 Å². The summed E-state index contributed by atoms with van der Waals surface area (Å²) in [5, 5.41) is 0. The first kappa shape index (κ1) is 23.7. The quantitative estimate of drug-likeness (QED) is 0.452. The molecular formula is C14H36. The summed E-state index contributed by atoms with van der Waals surface area (Å²) in [4.78, 5) is 0. The summed E-state index contributed by atoms with van der Waals surface area (Å²) in [5.74, 6) is 0. The number of hydrogen-bond acceptors (Lipinski definition) is 0. The average Bonchev–Trinajstić information content (AvgIpc) is 2.33. The molecule has 0 aliphatic carbocycles. The lowest BCUT2D eigenvalue weighted by Crippen LogP contribution is -1.73. The molecule has 0 atom stereocenters.